The number of nitrogens with zero attached hydrogens (tertiary/aromatic N) is 2. The van der Waals surface area contributed by atoms with Gasteiger partial charge in [0.15, 0.2) is 12.4 Å². The van der Waals surface area contributed by atoms with Crippen molar-refractivity contribution >= 4 is 29.2 Å². The van der Waals surface area contributed by atoms with Crippen molar-refractivity contribution < 1.29 is 23.5 Å². The molecule has 4 aromatic rings. The molecule has 2 aromatic heterocycles. The highest BCUT2D eigenvalue weighted by molar-refractivity contribution is 6.02. The van der Waals surface area contributed by atoms with E-state index >= 15 is 0 Å². The molecule has 0 spiro atoms. The molecule has 2 N–H and O–H groups in total. The summed E-state index contributed by atoms with van der Waals surface area (Å²) < 4.78 is 11.9. The third kappa shape index (κ3) is 5.04. The Bertz CT molecular complexity index is 1310. The predicted octanol–water partition coefficient (Wildman–Crippen LogP) is 4.13. The molecule has 4 rings (SSSR count). The minimum Gasteiger partial charge on any atom is -0.459 e. The van der Waals surface area contributed by atoms with Gasteiger partial charge in [-0.2, -0.15) is 5.10 Å². The summed E-state index contributed by atoms with van der Waals surface area (Å²) in [6.07, 6.45) is 1.40. The van der Waals surface area contributed by atoms with Crippen molar-refractivity contribution in [2.24, 2.45) is 0 Å². The van der Waals surface area contributed by atoms with Crippen molar-refractivity contribution in [2.45, 2.75) is 13.8 Å². The Morgan fingerprint density at radius 3 is 2.35 bits per heavy atom. The summed E-state index contributed by atoms with van der Waals surface area (Å²) in [7, 11) is 0. The van der Waals surface area contributed by atoms with Gasteiger partial charge < -0.3 is 19.8 Å². The number of furan rings is 1. The molecular weight excluding hydrogens is 436 g/mol. The maximum atomic E-state index is 12.4. The molecule has 0 aliphatic carbocycles. The second-order valence-corrected chi connectivity index (χ2v) is 7.43. The summed E-state index contributed by atoms with van der Waals surface area (Å²) >= 11 is 0. The predicted molar refractivity (Wildman–Crippen MR) is 125 cm³/mol. The number of aryl methyl sites for hydroxylation is 1. The van der Waals surface area contributed by atoms with E-state index in [0.717, 1.165) is 11.4 Å². The summed E-state index contributed by atoms with van der Waals surface area (Å²) in [5.41, 5.74) is 3.58. The van der Waals surface area contributed by atoms with Gasteiger partial charge in [-0.3, -0.25) is 9.59 Å². The van der Waals surface area contributed by atoms with Gasteiger partial charge in [0.2, 0.25) is 0 Å². The number of hydrogen-bond acceptors (Lipinski definition) is 6. The van der Waals surface area contributed by atoms with Gasteiger partial charge >= 0.3 is 5.97 Å². The normalized spacial score (nSPS) is 10.5. The lowest BCUT2D eigenvalue weighted by Crippen LogP contribution is -2.21. The molecule has 0 radical (unpaired) electrons. The third-order valence-corrected chi connectivity index (χ3v) is 5.01. The van der Waals surface area contributed by atoms with E-state index in [1.54, 1.807) is 35.9 Å². The fourth-order valence-corrected chi connectivity index (χ4v) is 3.32. The Hall–Kier alpha value is -4.66. The molecule has 0 bridgehead atoms. The van der Waals surface area contributed by atoms with Crippen LogP contribution in [0.15, 0.2) is 77.4 Å². The first-order valence-corrected chi connectivity index (χ1v) is 10.5. The molecule has 0 aliphatic heterocycles. The number of hydrogen-bond donors (Lipinski definition) is 2. The van der Waals surface area contributed by atoms with E-state index in [1.807, 2.05) is 37.3 Å². The first-order chi connectivity index (χ1) is 16.4. The SMILES string of the molecule is Cc1nn(-c2ccccc2)c(C)c1NC(=O)COC(=O)c1ccc(NC(=O)c2ccco2)cc1. The summed E-state index contributed by atoms with van der Waals surface area (Å²) in [5, 5.41) is 9.90. The van der Waals surface area contributed by atoms with Crippen LogP contribution in [-0.4, -0.2) is 34.2 Å². The minimum absolute atomic E-state index is 0.175. The van der Waals surface area contributed by atoms with E-state index in [9.17, 15) is 14.4 Å². The summed E-state index contributed by atoms with van der Waals surface area (Å²) in [6.45, 7) is 3.19. The minimum atomic E-state index is -0.660. The highest BCUT2D eigenvalue weighted by Crippen LogP contribution is 2.22. The number of carbonyl (C=O) groups is 3. The quantitative estimate of drug-likeness (QED) is 0.403. The first-order valence-electron chi connectivity index (χ1n) is 10.5. The summed E-state index contributed by atoms with van der Waals surface area (Å²) in [6, 6.07) is 18.8. The van der Waals surface area contributed by atoms with Crippen LogP contribution in [0.4, 0.5) is 11.4 Å². The lowest BCUT2D eigenvalue weighted by Gasteiger charge is -2.08. The number of rotatable bonds is 7. The van der Waals surface area contributed by atoms with Gasteiger partial charge in [-0.25, -0.2) is 9.48 Å². The molecule has 0 fully saturated rings. The van der Waals surface area contributed by atoms with E-state index in [0.29, 0.717) is 17.1 Å². The number of anilines is 2. The van der Waals surface area contributed by atoms with Crippen molar-refractivity contribution in [3.8, 4) is 5.69 Å². The molecule has 172 valence electrons. The zero-order chi connectivity index (χ0) is 24.1. The Morgan fingerprint density at radius 2 is 1.68 bits per heavy atom. The van der Waals surface area contributed by atoms with Gasteiger partial charge in [0.1, 0.15) is 0 Å². The number of carbonyl (C=O) groups excluding carboxylic acids is 3. The standard InChI is InChI=1S/C25H22N4O5/c1-16-23(17(2)29(28-16)20-7-4-3-5-8-20)27-22(30)15-34-25(32)18-10-12-19(13-11-18)26-24(31)21-9-6-14-33-21/h3-14H,15H2,1-2H3,(H,26,31)(H,27,30). The average molecular weight is 458 g/mol. The molecule has 2 heterocycles. The van der Waals surface area contributed by atoms with Gasteiger partial charge in [-0.05, 0) is 62.4 Å². The van der Waals surface area contributed by atoms with Crippen molar-refractivity contribution in [3.63, 3.8) is 0 Å². The van der Waals surface area contributed by atoms with E-state index in [2.05, 4.69) is 15.7 Å². The largest absolute Gasteiger partial charge is 0.459 e. The monoisotopic (exact) mass is 458 g/mol. The van der Waals surface area contributed by atoms with E-state index < -0.39 is 24.4 Å². The second-order valence-electron chi connectivity index (χ2n) is 7.43. The van der Waals surface area contributed by atoms with Crippen LogP contribution < -0.4 is 10.6 Å². The fraction of sp³-hybridized carbons (Fsp3) is 0.120. The number of aromatic nitrogens is 2. The number of esters is 1. The zero-order valence-electron chi connectivity index (χ0n) is 18.6. The number of amides is 2. The van der Waals surface area contributed by atoms with Crippen LogP contribution in [0.2, 0.25) is 0 Å². The van der Waals surface area contributed by atoms with Crippen molar-refractivity contribution in [3.05, 3.63) is 95.7 Å². The summed E-state index contributed by atoms with van der Waals surface area (Å²) in [4.78, 5) is 36.7. The third-order valence-electron chi connectivity index (χ3n) is 5.01. The zero-order valence-corrected chi connectivity index (χ0v) is 18.6. The molecule has 2 amide bonds. The van der Waals surface area contributed by atoms with Crippen LogP contribution in [0, 0.1) is 13.8 Å². The number of benzene rings is 2. The van der Waals surface area contributed by atoms with Gasteiger partial charge in [0.05, 0.1) is 34.6 Å². The highest BCUT2D eigenvalue weighted by atomic mass is 16.5. The average Bonchev–Trinajstić information content (AvgIpc) is 3.48. The molecule has 0 atom stereocenters. The lowest BCUT2D eigenvalue weighted by molar-refractivity contribution is -0.119. The Balaban J connectivity index is 1.32. The van der Waals surface area contributed by atoms with E-state index in [4.69, 9.17) is 9.15 Å². The lowest BCUT2D eigenvalue weighted by atomic mass is 10.2. The maximum Gasteiger partial charge on any atom is 0.338 e. The fourth-order valence-electron chi connectivity index (χ4n) is 3.32. The van der Waals surface area contributed by atoms with Crippen LogP contribution in [0.25, 0.3) is 5.69 Å². The first kappa shape index (κ1) is 22.5. The Morgan fingerprint density at radius 1 is 0.941 bits per heavy atom. The Labute approximate surface area is 195 Å². The van der Waals surface area contributed by atoms with Crippen molar-refractivity contribution in [2.75, 3.05) is 17.2 Å². The van der Waals surface area contributed by atoms with Crippen molar-refractivity contribution in [1.29, 1.82) is 0 Å². The second kappa shape index (κ2) is 9.86. The highest BCUT2D eigenvalue weighted by Gasteiger charge is 2.17. The molecule has 0 saturated carbocycles. The molecule has 9 heteroatoms. The van der Waals surface area contributed by atoms with Crippen LogP contribution in [0.1, 0.15) is 32.3 Å². The van der Waals surface area contributed by atoms with Gasteiger partial charge in [-0.15, -0.1) is 0 Å². The molecule has 2 aromatic carbocycles. The molecule has 0 unspecified atom stereocenters. The van der Waals surface area contributed by atoms with E-state index in [-0.39, 0.29) is 11.3 Å². The molecule has 34 heavy (non-hydrogen) atoms. The van der Waals surface area contributed by atoms with Crippen molar-refractivity contribution in [1.82, 2.24) is 9.78 Å². The van der Waals surface area contributed by atoms with Gasteiger partial charge in [0, 0.05) is 5.69 Å². The van der Waals surface area contributed by atoms with Crippen LogP contribution in [-0.2, 0) is 9.53 Å². The molecular formula is C25H22N4O5. The van der Waals surface area contributed by atoms with E-state index in [1.165, 1.54) is 18.4 Å². The maximum absolute atomic E-state index is 12.4. The number of nitrogens with one attached hydrogen (secondary N) is 2. The number of para-hydroxylation sites is 1. The Kier molecular flexibility index (Phi) is 6.54. The summed E-state index contributed by atoms with van der Waals surface area (Å²) in [5.74, 6) is -1.37. The topological polar surface area (TPSA) is 115 Å². The molecule has 0 aliphatic rings. The molecule has 9 nitrogen and oxygen atoms in total. The smallest absolute Gasteiger partial charge is 0.338 e. The van der Waals surface area contributed by atoms with Gasteiger partial charge in [0.25, 0.3) is 11.8 Å². The van der Waals surface area contributed by atoms with Crippen LogP contribution in [0.3, 0.4) is 0 Å². The van der Waals surface area contributed by atoms with Gasteiger partial charge in [-0.1, -0.05) is 18.2 Å². The number of ether oxygens (including phenoxy) is 1. The van der Waals surface area contributed by atoms with Crippen LogP contribution in [0.5, 0.6) is 0 Å². The van der Waals surface area contributed by atoms with Crippen LogP contribution >= 0.6 is 0 Å². The molecule has 0 saturated heterocycles.